The Balaban J connectivity index is 1.91. The van der Waals surface area contributed by atoms with Crippen LogP contribution in [0.5, 0.6) is 0 Å². The number of nitrogens with zero attached hydrogens (tertiary/aromatic N) is 2. The van der Waals surface area contributed by atoms with Crippen LogP contribution in [0.15, 0.2) is 47.5 Å². The summed E-state index contributed by atoms with van der Waals surface area (Å²) in [6, 6.07) is 8.44. The van der Waals surface area contributed by atoms with E-state index in [-0.39, 0.29) is 10.7 Å². The van der Waals surface area contributed by atoms with Crippen molar-refractivity contribution in [2.45, 2.75) is 13.0 Å². The lowest BCUT2D eigenvalue weighted by molar-refractivity contribution is -0.148. The third kappa shape index (κ3) is 3.28. The van der Waals surface area contributed by atoms with Crippen molar-refractivity contribution in [2.75, 3.05) is 7.11 Å². The third-order valence-corrected chi connectivity index (χ3v) is 4.80. The topological polar surface area (TPSA) is 68.6 Å². The summed E-state index contributed by atoms with van der Waals surface area (Å²) >= 11 is 0.760. The van der Waals surface area contributed by atoms with E-state index in [0.717, 1.165) is 16.7 Å². The molecule has 26 heavy (non-hydrogen) atoms. The van der Waals surface area contributed by atoms with Crippen molar-refractivity contribution in [3.05, 3.63) is 59.0 Å². The van der Waals surface area contributed by atoms with Gasteiger partial charge in [0, 0.05) is 17.6 Å². The van der Waals surface area contributed by atoms with Gasteiger partial charge in [0.25, 0.3) is 11.1 Å². The summed E-state index contributed by atoms with van der Waals surface area (Å²) in [5, 5.41) is -0.529. The minimum absolute atomic E-state index is 0.202. The van der Waals surface area contributed by atoms with Crippen molar-refractivity contribution in [2.24, 2.45) is 0 Å². The van der Waals surface area contributed by atoms with Crippen LogP contribution in [0.3, 0.4) is 0 Å². The summed E-state index contributed by atoms with van der Waals surface area (Å²) in [5.41, 5.74) is 1.36. The molecule has 0 bridgehead atoms. The predicted molar refractivity (Wildman–Crippen MR) is 95.0 cm³/mol. The van der Waals surface area contributed by atoms with E-state index in [2.05, 4.69) is 4.74 Å². The van der Waals surface area contributed by atoms with E-state index in [9.17, 15) is 18.8 Å². The average Bonchev–Trinajstić information content (AvgIpc) is 3.19. The van der Waals surface area contributed by atoms with Gasteiger partial charge in [0.2, 0.25) is 0 Å². The number of amides is 2. The van der Waals surface area contributed by atoms with E-state index in [0.29, 0.717) is 11.4 Å². The summed E-state index contributed by atoms with van der Waals surface area (Å²) < 4.78 is 19.5. The van der Waals surface area contributed by atoms with Gasteiger partial charge in [0.15, 0.2) is 0 Å². The molecule has 1 saturated heterocycles. The first-order chi connectivity index (χ1) is 12.4. The van der Waals surface area contributed by atoms with Gasteiger partial charge >= 0.3 is 5.97 Å². The second-order valence-corrected chi connectivity index (χ2v) is 6.52. The van der Waals surface area contributed by atoms with Gasteiger partial charge in [-0.25, -0.2) is 9.18 Å². The van der Waals surface area contributed by atoms with E-state index in [4.69, 9.17) is 0 Å². The fraction of sp³-hybridized carbons (Fsp3) is 0.167. The van der Waals surface area contributed by atoms with Gasteiger partial charge in [0.05, 0.1) is 12.0 Å². The quantitative estimate of drug-likeness (QED) is 0.607. The maximum absolute atomic E-state index is 13.1. The first-order valence-electron chi connectivity index (χ1n) is 7.70. The van der Waals surface area contributed by atoms with Gasteiger partial charge in [-0.15, -0.1) is 0 Å². The summed E-state index contributed by atoms with van der Waals surface area (Å²) in [7, 11) is 1.20. The van der Waals surface area contributed by atoms with E-state index in [1.54, 1.807) is 41.1 Å². The van der Waals surface area contributed by atoms with Crippen LogP contribution in [0.25, 0.3) is 11.8 Å². The molecule has 1 aromatic carbocycles. The molecule has 3 rings (SSSR count). The fourth-order valence-corrected chi connectivity index (χ4v) is 3.47. The highest BCUT2D eigenvalue weighted by atomic mass is 32.2. The lowest BCUT2D eigenvalue weighted by atomic mass is 10.2. The summed E-state index contributed by atoms with van der Waals surface area (Å²) in [5.74, 6) is -1.56. The second-order valence-electron chi connectivity index (χ2n) is 5.53. The zero-order valence-electron chi connectivity index (χ0n) is 14.0. The highest BCUT2D eigenvalue weighted by Crippen LogP contribution is 2.34. The van der Waals surface area contributed by atoms with E-state index >= 15 is 0 Å². The van der Waals surface area contributed by atoms with Gasteiger partial charge in [-0.05, 0) is 61.2 Å². The van der Waals surface area contributed by atoms with Crippen LogP contribution in [0.1, 0.15) is 12.6 Å². The molecule has 1 aliphatic rings. The predicted octanol–water partition coefficient (Wildman–Crippen LogP) is 3.21. The number of aromatic nitrogens is 1. The van der Waals surface area contributed by atoms with Gasteiger partial charge < -0.3 is 9.30 Å². The Morgan fingerprint density at radius 2 is 1.92 bits per heavy atom. The number of hydrogen-bond donors (Lipinski definition) is 0. The highest BCUT2D eigenvalue weighted by Gasteiger charge is 2.41. The Labute approximate surface area is 153 Å². The second kappa shape index (κ2) is 7.17. The molecular weight excluding hydrogens is 359 g/mol. The molecule has 6 nitrogen and oxygen atoms in total. The van der Waals surface area contributed by atoms with Crippen molar-refractivity contribution in [3.63, 3.8) is 0 Å². The molecule has 1 aromatic heterocycles. The monoisotopic (exact) mass is 374 g/mol. The number of esters is 1. The average molecular weight is 374 g/mol. The minimum atomic E-state index is -0.998. The number of imide groups is 1. The fourth-order valence-electron chi connectivity index (χ4n) is 2.57. The zero-order valence-corrected chi connectivity index (χ0v) is 14.8. The van der Waals surface area contributed by atoms with Crippen LogP contribution in [0.4, 0.5) is 9.18 Å². The van der Waals surface area contributed by atoms with Crippen LogP contribution >= 0.6 is 11.8 Å². The van der Waals surface area contributed by atoms with Crippen LogP contribution in [0.2, 0.25) is 0 Å². The molecule has 8 heteroatoms. The van der Waals surface area contributed by atoms with Crippen molar-refractivity contribution >= 4 is 35.0 Å². The molecule has 0 saturated carbocycles. The van der Waals surface area contributed by atoms with Crippen LogP contribution < -0.4 is 0 Å². The molecule has 1 fully saturated rings. The Morgan fingerprint density at radius 3 is 2.58 bits per heavy atom. The summed E-state index contributed by atoms with van der Waals surface area (Å²) in [4.78, 5) is 37.4. The zero-order chi connectivity index (χ0) is 18.8. The smallest absolute Gasteiger partial charge is 0.328 e. The molecule has 0 radical (unpaired) electrons. The van der Waals surface area contributed by atoms with Gasteiger partial charge in [0.1, 0.15) is 11.9 Å². The number of methoxy groups -OCH3 is 1. The number of benzene rings is 1. The number of halogens is 1. The van der Waals surface area contributed by atoms with Gasteiger partial charge in [-0.1, -0.05) is 0 Å². The van der Waals surface area contributed by atoms with Crippen molar-refractivity contribution in [3.8, 4) is 5.69 Å². The number of hydrogen-bond acceptors (Lipinski definition) is 5. The summed E-state index contributed by atoms with van der Waals surface area (Å²) in [6.07, 6.45) is 3.33. The van der Waals surface area contributed by atoms with Crippen LogP contribution in [-0.2, 0) is 14.3 Å². The molecule has 0 N–H and O–H groups in total. The number of rotatable bonds is 4. The lowest BCUT2D eigenvalue weighted by Gasteiger charge is -2.18. The SMILES string of the molecule is COC(=O)[C@H](C)N1C(=O)S/C(=C/c2cccn2-c2ccc(F)cc2)C1=O. The molecule has 1 atom stereocenters. The lowest BCUT2D eigenvalue weighted by Crippen LogP contribution is -2.42. The highest BCUT2D eigenvalue weighted by molar-refractivity contribution is 8.18. The molecular formula is C18H15FN2O4S. The van der Waals surface area contributed by atoms with Gasteiger partial charge in [-0.2, -0.15) is 0 Å². The Kier molecular flexibility index (Phi) is 4.94. The summed E-state index contributed by atoms with van der Waals surface area (Å²) in [6.45, 7) is 1.44. The molecule has 2 aromatic rings. The molecule has 0 spiro atoms. The molecule has 1 aliphatic heterocycles. The third-order valence-electron chi connectivity index (χ3n) is 3.92. The number of ether oxygens (including phenoxy) is 1. The number of thioether (sulfide) groups is 1. The Morgan fingerprint density at radius 1 is 1.23 bits per heavy atom. The molecule has 134 valence electrons. The van der Waals surface area contributed by atoms with Crippen molar-refractivity contribution < 1.29 is 23.5 Å². The normalized spacial score (nSPS) is 17.0. The van der Waals surface area contributed by atoms with Crippen molar-refractivity contribution in [1.29, 1.82) is 0 Å². The Hall–Kier alpha value is -2.87. The maximum Gasteiger partial charge on any atom is 0.328 e. The number of carbonyl (C=O) groups excluding carboxylic acids is 3. The molecule has 2 heterocycles. The standard InChI is InChI=1S/C18H15FN2O4S/c1-11(17(23)25-2)21-16(22)15(26-18(21)24)10-14-4-3-9-20(14)13-7-5-12(19)6-8-13/h3-11H,1-2H3/b15-10+/t11-/m0/s1. The van der Waals surface area contributed by atoms with E-state index in [1.165, 1.54) is 26.2 Å². The number of carbonyl (C=O) groups is 3. The van der Waals surface area contributed by atoms with E-state index < -0.39 is 23.2 Å². The maximum atomic E-state index is 13.1. The largest absolute Gasteiger partial charge is 0.467 e. The Bertz CT molecular complexity index is 904. The van der Waals surface area contributed by atoms with Crippen LogP contribution in [-0.4, -0.2) is 39.7 Å². The minimum Gasteiger partial charge on any atom is -0.467 e. The molecule has 0 aliphatic carbocycles. The van der Waals surface area contributed by atoms with Crippen LogP contribution in [0, 0.1) is 5.82 Å². The molecule has 2 amide bonds. The van der Waals surface area contributed by atoms with Crippen molar-refractivity contribution in [1.82, 2.24) is 9.47 Å². The van der Waals surface area contributed by atoms with E-state index in [1.807, 2.05) is 0 Å². The molecule has 0 unspecified atom stereocenters. The first kappa shape index (κ1) is 17.9. The van der Waals surface area contributed by atoms with Gasteiger partial charge in [-0.3, -0.25) is 14.5 Å². The first-order valence-corrected chi connectivity index (χ1v) is 8.52.